The third-order valence-electron chi connectivity index (χ3n) is 4.07. The van der Waals surface area contributed by atoms with Crippen LogP contribution in [0.2, 0.25) is 0 Å². The lowest BCUT2D eigenvalue weighted by molar-refractivity contribution is -0.137. The van der Waals surface area contributed by atoms with Crippen molar-refractivity contribution < 1.29 is 13.2 Å². The Kier molecular flexibility index (Phi) is 4.99. The zero-order chi connectivity index (χ0) is 14.8. The molecule has 1 saturated carbocycles. The minimum Gasteiger partial charge on any atom is -0.381 e. The van der Waals surface area contributed by atoms with Crippen molar-refractivity contribution in [3.05, 3.63) is 28.2 Å². The predicted molar refractivity (Wildman–Crippen MR) is 78.8 cm³/mol. The number of alkyl halides is 3. The number of hydrogen-bond donors (Lipinski definition) is 1. The second-order valence-corrected chi connectivity index (χ2v) is 6.25. The van der Waals surface area contributed by atoms with Crippen molar-refractivity contribution in [2.75, 3.05) is 5.32 Å². The van der Waals surface area contributed by atoms with Gasteiger partial charge < -0.3 is 5.32 Å². The van der Waals surface area contributed by atoms with E-state index in [0.29, 0.717) is 16.1 Å². The van der Waals surface area contributed by atoms with Gasteiger partial charge in [-0.15, -0.1) is 0 Å². The van der Waals surface area contributed by atoms with Crippen molar-refractivity contribution in [3.8, 4) is 0 Å². The summed E-state index contributed by atoms with van der Waals surface area (Å²) in [6, 6.07) is 4.04. The Morgan fingerprint density at radius 1 is 1.25 bits per heavy atom. The van der Waals surface area contributed by atoms with E-state index < -0.39 is 11.7 Å². The molecule has 0 saturated heterocycles. The number of anilines is 1. The zero-order valence-corrected chi connectivity index (χ0v) is 13.0. The van der Waals surface area contributed by atoms with Crippen molar-refractivity contribution >= 4 is 21.6 Å². The van der Waals surface area contributed by atoms with Gasteiger partial charge in [-0.2, -0.15) is 13.2 Å². The molecule has 1 aromatic rings. The van der Waals surface area contributed by atoms with E-state index in [-0.39, 0.29) is 6.04 Å². The number of halogens is 4. The van der Waals surface area contributed by atoms with E-state index in [4.69, 9.17) is 0 Å². The summed E-state index contributed by atoms with van der Waals surface area (Å²) in [5.41, 5.74) is -0.0581. The fourth-order valence-electron chi connectivity index (χ4n) is 2.90. The van der Waals surface area contributed by atoms with E-state index in [2.05, 4.69) is 28.2 Å². The van der Waals surface area contributed by atoms with E-state index in [1.807, 2.05) is 0 Å². The van der Waals surface area contributed by atoms with E-state index in [0.717, 1.165) is 31.7 Å². The summed E-state index contributed by atoms with van der Waals surface area (Å²) >= 11 is 3.34. The summed E-state index contributed by atoms with van der Waals surface area (Å²) < 4.78 is 39.0. The highest BCUT2D eigenvalue weighted by Crippen LogP contribution is 2.36. The molecule has 0 bridgehead atoms. The van der Waals surface area contributed by atoms with Crippen LogP contribution >= 0.6 is 15.9 Å². The Bertz CT molecular complexity index is 459. The Hall–Kier alpha value is -0.710. The lowest BCUT2D eigenvalue weighted by Gasteiger charge is -2.32. The maximum Gasteiger partial charge on any atom is 0.416 e. The standard InChI is InChI=1S/C15H19BrF3N/c1-2-10-5-3-4-6-13(10)20-14-9-11(15(17,18)19)7-8-12(14)16/h7-10,13,20H,2-6H2,1H3. The van der Waals surface area contributed by atoms with Crippen LogP contribution in [0.4, 0.5) is 18.9 Å². The molecule has 0 aliphatic heterocycles. The highest BCUT2D eigenvalue weighted by molar-refractivity contribution is 9.10. The number of nitrogens with one attached hydrogen (secondary N) is 1. The van der Waals surface area contributed by atoms with Gasteiger partial charge in [0.05, 0.1) is 5.56 Å². The summed E-state index contributed by atoms with van der Waals surface area (Å²) in [4.78, 5) is 0. The second-order valence-electron chi connectivity index (χ2n) is 5.40. The fourth-order valence-corrected chi connectivity index (χ4v) is 3.26. The number of hydrogen-bond acceptors (Lipinski definition) is 1. The lowest BCUT2D eigenvalue weighted by atomic mass is 9.83. The van der Waals surface area contributed by atoms with Crippen LogP contribution in [-0.2, 0) is 6.18 Å². The van der Waals surface area contributed by atoms with Crippen molar-refractivity contribution in [1.82, 2.24) is 0 Å². The van der Waals surface area contributed by atoms with Crippen molar-refractivity contribution in [2.45, 2.75) is 51.2 Å². The molecule has 2 atom stereocenters. The molecule has 0 spiro atoms. The van der Waals surface area contributed by atoms with Gasteiger partial charge in [-0.05, 0) is 52.9 Å². The summed E-state index contributed by atoms with van der Waals surface area (Å²) in [5.74, 6) is 0.546. The minimum atomic E-state index is -4.30. The maximum absolute atomic E-state index is 12.8. The molecule has 1 aliphatic rings. The van der Waals surface area contributed by atoms with Crippen molar-refractivity contribution in [2.24, 2.45) is 5.92 Å². The molecule has 0 amide bonds. The molecule has 2 unspecified atom stereocenters. The molecule has 2 rings (SSSR count). The van der Waals surface area contributed by atoms with Crippen LogP contribution < -0.4 is 5.32 Å². The molecule has 1 fully saturated rings. The molecule has 1 aromatic carbocycles. The quantitative estimate of drug-likeness (QED) is 0.721. The van der Waals surface area contributed by atoms with Crippen LogP contribution in [0.1, 0.15) is 44.6 Å². The van der Waals surface area contributed by atoms with Gasteiger partial charge in [-0.1, -0.05) is 26.2 Å². The van der Waals surface area contributed by atoms with Gasteiger partial charge in [-0.25, -0.2) is 0 Å². The first-order chi connectivity index (χ1) is 9.41. The molecule has 1 N–H and O–H groups in total. The van der Waals surface area contributed by atoms with E-state index >= 15 is 0 Å². The van der Waals surface area contributed by atoms with Gasteiger partial charge in [0.1, 0.15) is 0 Å². The summed E-state index contributed by atoms with van der Waals surface area (Å²) in [7, 11) is 0. The molecular formula is C15H19BrF3N. The smallest absolute Gasteiger partial charge is 0.381 e. The van der Waals surface area contributed by atoms with E-state index in [1.54, 1.807) is 0 Å². The van der Waals surface area contributed by atoms with Crippen LogP contribution in [0.15, 0.2) is 22.7 Å². The Balaban J connectivity index is 2.19. The van der Waals surface area contributed by atoms with E-state index in [1.165, 1.54) is 18.6 Å². The molecule has 20 heavy (non-hydrogen) atoms. The molecule has 0 heterocycles. The largest absolute Gasteiger partial charge is 0.416 e. The third kappa shape index (κ3) is 3.68. The first-order valence-corrected chi connectivity index (χ1v) is 7.84. The van der Waals surface area contributed by atoms with Gasteiger partial charge in [0.2, 0.25) is 0 Å². The lowest BCUT2D eigenvalue weighted by Crippen LogP contribution is -2.32. The predicted octanol–water partition coefficient (Wildman–Crippen LogP) is 5.85. The van der Waals surface area contributed by atoms with Gasteiger partial charge in [-0.3, -0.25) is 0 Å². The minimum absolute atomic E-state index is 0.272. The highest BCUT2D eigenvalue weighted by atomic mass is 79.9. The monoisotopic (exact) mass is 349 g/mol. The number of benzene rings is 1. The normalized spacial score (nSPS) is 23.6. The molecule has 0 aromatic heterocycles. The van der Waals surface area contributed by atoms with Crippen LogP contribution in [0, 0.1) is 5.92 Å². The SMILES string of the molecule is CCC1CCCCC1Nc1cc(C(F)(F)F)ccc1Br. The van der Waals surface area contributed by atoms with Crippen molar-refractivity contribution in [3.63, 3.8) is 0 Å². The van der Waals surface area contributed by atoms with Crippen LogP contribution in [0.5, 0.6) is 0 Å². The molecule has 112 valence electrons. The first kappa shape index (κ1) is 15.7. The molecule has 1 nitrogen and oxygen atoms in total. The average Bonchev–Trinajstić information content (AvgIpc) is 2.40. The van der Waals surface area contributed by atoms with Gasteiger partial charge in [0, 0.05) is 16.2 Å². The summed E-state index contributed by atoms with van der Waals surface area (Å²) in [6.07, 6.45) is 1.32. The molecular weight excluding hydrogens is 331 g/mol. The maximum atomic E-state index is 12.8. The Labute approximate surface area is 126 Å². The topological polar surface area (TPSA) is 12.0 Å². The van der Waals surface area contributed by atoms with Gasteiger partial charge >= 0.3 is 6.18 Å². The van der Waals surface area contributed by atoms with Crippen molar-refractivity contribution in [1.29, 1.82) is 0 Å². The summed E-state index contributed by atoms with van der Waals surface area (Å²) in [6.45, 7) is 2.14. The number of rotatable bonds is 3. The van der Waals surface area contributed by atoms with Crippen LogP contribution in [-0.4, -0.2) is 6.04 Å². The van der Waals surface area contributed by atoms with E-state index in [9.17, 15) is 13.2 Å². The Morgan fingerprint density at radius 2 is 1.95 bits per heavy atom. The molecule has 1 aliphatic carbocycles. The van der Waals surface area contributed by atoms with Crippen LogP contribution in [0.25, 0.3) is 0 Å². The summed E-state index contributed by atoms with van der Waals surface area (Å²) in [5, 5.41) is 3.32. The van der Waals surface area contributed by atoms with Gasteiger partial charge in [0.15, 0.2) is 0 Å². The molecule has 0 radical (unpaired) electrons. The third-order valence-corrected chi connectivity index (χ3v) is 4.76. The second kappa shape index (κ2) is 6.37. The molecule has 5 heteroatoms. The Morgan fingerprint density at radius 3 is 2.60 bits per heavy atom. The first-order valence-electron chi connectivity index (χ1n) is 7.05. The van der Waals surface area contributed by atoms with Gasteiger partial charge in [0.25, 0.3) is 0 Å². The fraction of sp³-hybridized carbons (Fsp3) is 0.600. The van der Waals surface area contributed by atoms with Crippen LogP contribution in [0.3, 0.4) is 0 Å². The highest BCUT2D eigenvalue weighted by Gasteiger charge is 2.31. The average molecular weight is 350 g/mol. The zero-order valence-electron chi connectivity index (χ0n) is 11.4.